The van der Waals surface area contributed by atoms with Gasteiger partial charge < -0.3 is 24.2 Å². The highest BCUT2D eigenvalue weighted by Crippen LogP contribution is 2.43. The molecule has 2 N–H and O–H groups in total. The number of aliphatic hydroxyl groups is 1. The van der Waals surface area contributed by atoms with Gasteiger partial charge in [-0.3, -0.25) is 23.4 Å². The second-order valence-corrected chi connectivity index (χ2v) is 23.0. The number of aliphatic hydroxyl groups excluding tert-OH is 1. The third-order valence-electron chi connectivity index (χ3n) is 13.6. The SMILES string of the molecule is CC/C=C\C/C=C\C/C=C\C/C=C\C/C=C\CCCCCC(=O)OCC(COP(=O)(O)OCC(CO)OC(=O)CCCCCCCCC/C=C\C/C=C\CCCCC)OC(=O)CCCCCCCCCCC/C=C\C/C=C\CCCCC. The molecule has 0 spiro atoms. The van der Waals surface area contributed by atoms with E-state index in [1.807, 2.05) is 0 Å². The van der Waals surface area contributed by atoms with Crippen LogP contribution in [0, 0.1) is 0 Å². The summed E-state index contributed by atoms with van der Waals surface area (Å²) < 4.78 is 39.7. The van der Waals surface area contributed by atoms with E-state index in [-0.39, 0.29) is 25.9 Å². The molecule has 0 bridgehead atoms. The van der Waals surface area contributed by atoms with Crippen molar-refractivity contribution in [1.82, 2.24) is 0 Å². The number of hydrogen-bond donors (Lipinski definition) is 2. The van der Waals surface area contributed by atoms with Gasteiger partial charge in [-0.05, 0) is 128 Å². The molecule has 470 valence electrons. The monoisotopic (exact) mass is 1170 g/mol. The fourth-order valence-electron chi connectivity index (χ4n) is 8.68. The first-order valence-electron chi connectivity index (χ1n) is 32.8. The van der Waals surface area contributed by atoms with Gasteiger partial charge in [0.05, 0.1) is 19.8 Å². The third-order valence-corrected chi connectivity index (χ3v) is 14.6. The molecule has 0 saturated carbocycles. The molecule has 3 unspecified atom stereocenters. The zero-order valence-electron chi connectivity index (χ0n) is 52.2. The topological polar surface area (TPSA) is 155 Å². The molecule has 0 aromatic rings. The average molecular weight is 1170 g/mol. The molecule has 0 radical (unpaired) electrons. The molecular weight excluding hydrogens is 1050 g/mol. The Kier molecular flexibility index (Phi) is 60.2. The van der Waals surface area contributed by atoms with Gasteiger partial charge in [0.1, 0.15) is 12.7 Å². The lowest BCUT2D eigenvalue weighted by Gasteiger charge is -2.21. The van der Waals surface area contributed by atoms with Crippen molar-refractivity contribution in [2.45, 2.75) is 290 Å². The molecule has 0 aliphatic carbocycles. The Morgan fingerprint density at radius 2 is 0.634 bits per heavy atom. The Labute approximate surface area is 501 Å². The first-order chi connectivity index (χ1) is 40.2. The van der Waals surface area contributed by atoms with Gasteiger partial charge in [0, 0.05) is 19.3 Å². The highest BCUT2D eigenvalue weighted by atomic mass is 31.2. The Balaban J connectivity index is 4.77. The van der Waals surface area contributed by atoms with Crippen LogP contribution in [0.3, 0.4) is 0 Å². The van der Waals surface area contributed by atoms with Crippen LogP contribution in [-0.4, -0.2) is 66.5 Å². The van der Waals surface area contributed by atoms with Crippen LogP contribution in [0.5, 0.6) is 0 Å². The van der Waals surface area contributed by atoms with E-state index in [0.29, 0.717) is 19.3 Å². The standard InChI is InChI=1S/C70H119O11P/c1-4-7-10-13-16-19-22-25-28-31-33-36-38-41-44-47-50-53-56-59-68(72)77-63-67(81-70(74)61-58-55-52-49-46-43-40-37-34-32-29-26-23-20-17-14-11-8-5-2)65-79-82(75,76)78-64-66(62-71)80-69(73)60-57-54-51-48-45-42-39-35-30-27-24-21-18-15-12-9-6-3/h7,10,16-21,25-30,33,36,41,44,66-67,71H,4-6,8-9,11-15,22-24,31-32,34-35,37-40,42-43,45-65H2,1-3H3,(H,75,76)/b10-7-,19-16-,20-17-,21-18-,28-25-,29-26-,30-27-,36-33-,44-41-. The quantitative estimate of drug-likeness (QED) is 0.0197. The lowest BCUT2D eigenvalue weighted by molar-refractivity contribution is -0.161. The number of hydrogen-bond acceptors (Lipinski definition) is 10. The zero-order valence-corrected chi connectivity index (χ0v) is 53.1. The van der Waals surface area contributed by atoms with E-state index in [9.17, 15) is 28.9 Å². The number of carbonyl (C=O) groups is 3. The summed E-state index contributed by atoms with van der Waals surface area (Å²) >= 11 is 0. The van der Waals surface area contributed by atoms with E-state index in [1.54, 1.807) is 0 Å². The smallest absolute Gasteiger partial charge is 0.462 e. The Hall–Kier alpha value is -3.86. The Bertz CT molecular complexity index is 1790. The minimum Gasteiger partial charge on any atom is -0.462 e. The van der Waals surface area contributed by atoms with Crippen molar-refractivity contribution in [2.75, 3.05) is 26.4 Å². The van der Waals surface area contributed by atoms with Gasteiger partial charge in [-0.15, -0.1) is 0 Å². The minimum absolute atomic E-state index is 0.150. The fourth-order valence-corrected chi connectivity index (χ4v) is 9.46. The van der Waals surface area contributed by atoms with Crippen molar-refractivity contribution in [3.63, 3.8) is 0 Å². The maximum Gasteiger partial charge on any atom is 0.472 e. The number of allylic oxidation sites excluding steroid dienone is 18. The lowest BCUT2D eigenvalue weighted by Crippen LogP contribution is -2.30. The second kappa shape index (κ2) is 63.2. The normalized spacial score (nSPS) is 14.0. The van der Waals surface area contributed by atoms with Crippen molar-refractivity contribution in [2.24, 2.45) is 0 Å². The minimum atomic E-state index is -4.77. The van der Waals surface area contributed by atoms with Crippen molar-refractivity contribution >= 4 is 25.7 Å². The van der Waals surface area contributed by atoms with Crippen molar-refractivity contribution in [1.29, 1.82) is 0 Å². The van der Waals surface area contributed by atoms with Gasteiger partial charge in [0.25, 0.3) is 0 Å². The molecule has 0 amide bonds. The van der Waals surface area contributed by atoms with Crippen LogP contribution in [0.2, 0.25) is 0 Å². The van der Waals surface area contributed by atoms with Gasteiger partial charge >= 0.3 is 25.7 Å². The fraction of sp³-hybridized carbons (Fsp3) is 0.700. The first-order valence-corrected chi connectivity index (χ1v) is 34.3. The summed E-state index contributed by atoms with van der Waals surface area (Å²) in [6.07, 6.45) is 77.4. The van der Waals surface area contributed by atoms with Gasteiger partial charge in [0.15, 0.2) is 6.10 Å². The molecule has 11 nitrogen and oxygen atoms in total. The third kappa shape index (κ3) is 60.7. The van der Waals surface area contributed by atoms with Crippen molar-refractivity contribution in [3.8, 4) is 0 Å². The lowest BCUT2D eigenvalue weighted by atomic mass is 10.1. The molecule has 0 fully saturated rings. The zero-order chi connectivity index (χ0) is 59.8. The van der Waals surface area contributed by atoms with Crippen LogP contribution in [0.1, 0.15) is 278 Å². The predicted molar refractivity (Wildman–Crippen MR) is 343 cm³/mol. The Morgan fingerprint density at radius 3 is 0.988 bits per heavy atom. The summed E-state index contributed by atoms with van der Waals surface area (Å²) in [6.45, 7) is 4.46. The molecule has 0 aromatic heterocycles. The van der Waals surface area contributed by atoms with Crippen LogP contribution in [0.25, 0.3) is 0 Å². The second-order valence-electron chi connectivity index (χ2n) is 21.5. The average Bonchev–Trinajstić information content (AvgIpc) is 3.47. The summed E-state index contributed by atoms with van der Waals surface area (Å²) in [4.78, 5) is 48.8. The highest BCUT2D eigenvalue weighted by Gasteiger charge is 2.28. The molecule has 3 atom stereocenters. The molecule has 82 heavy (non-hydrogen) atoms. The molecule has 0 saturated heterocycles. The Morgan fingerprint density at radius 1 is 0.354 bits per heavy atom. The van der Waals surface area contributed by atoms with E-state index in [2.05, 4.69) is 130 Å². The highest BCUT2D eigenvalue weighted by molar-refractivity contribution is 7.47. The maximum atomic E-state index is 13.0. The van der Waals surface area contributed by atoms with E-state index in [0.717, 1.165) is 122 Å². The van der Waals surface area contributed by atoms with E-state index >= 15 is 0 Å². The molecule has 0 aliphatic rings. The van der Waals surface area contributed by atoms with E-state index in [4.69, 9.17) is 23.3 Å². The van der Waals surface area contributed by atoms with Crippen LogP contribution in [-0.2, 0) is 42.2 Å². The van der Waals surface area contributed by atoms with Gasteiger partial charge in [-0.1, -0.05) is 239 Å². The molecule has 0 aromatic carbocycles. The van der Waals surface area contributed by atoms with Crippen molar-refractivity contribution in [3.05, 3.63) is 109 Å². The van der Waals surface area contributed by atoms with E-state index < -0.39 is 57.8 Å². The summed E-state index contributed by atoms with van der Waals surface area (Å²) in [7, 11) is -4.77. The number of esters is 3. The van der Waals surface area contributed by atoms with Gasteiger partial charge in [-0.2, -0.15) is 0 Å². The molecule has 0 rings (SSSR count). The summed E-state index contributed by atoms with van der Waals surface area (Å²) in [5, 5.41) is 9.86. The van der Waals surface area contributed by atoms with Crippen LogP contribution < -0.4 is 0 Å². The predicted octanol–water partition coefficient (Wildman–Crippen LogP) is 20.1. The summed E-state index contributed by atoms with van der Waals surface area (Å²) in [6, 6.07) is 0. The number of phosphoric ester groups is 1. The molecule has 12 heteroatoms. The van der Waals surface area contributed by atoms with E-state index in [1.165, 1.54) is 96.3 Å². The molecular formula is C70H119O11P. The number of unbranched alkanes of at least 4 members (excludes halogenated alkanes) is 25. The van der Waals surface area contributed by atoms with Crippen molar-refractivity contribution < 1.29 is 52.2 Å². The first kappa shape index (κ1) is 78.1. The largest absolute Gasteiger partial charge is 0.472 e. The number of rotatable bonds is 60. The number of ether oxygens (including phenoxy) is 3. The van der Waals surface area contributed by atoms with Crippen LogP contribution >= 0.6 is 7.82 Å². The van der Waals surface area contributed by atoms with Crippen LogP contribution in [0.4, 0.5) is 0 Å². The molecule has 0 heterocycles. The summed E-state index contributed by atoms with van der Waals surface area (Å²) in [5.41, 5.74) is 0. The number of carbonyl (C=O) groups excluding carboxylic acids is 3. The molecule has 0 aliphatic heterocycles. The maximum absolute atomic E-state index is 13.0. The summed E-state index contributed by atoms with van der Waals surface area (Å²) in [5.74, 6) is -1.51. The van der Waals surface area contributed by atoms with Gasteiger partial charge in [-0.25, -0.2) is 4.57 Å². The van der Waals surface area contributed by atoms with Gasteiger partial charge in [0.2, 0.25) is 0 Å². The number of phosphoric acid groups is 1. The van der Waals surface area contributed by atoms with Crippen LogP contribution in [0.15, 0.2) is 109 Å².